The van der Waals surface area contributed by atoms with Gasteiger partial charge in [0.05, 0.1) is 24.3 Å². The van der Waals surface area contributed by atoms with Crippen LogP contribution in [0.25, 0.3) is 0 Å². The molecule has 0 unspecified atom stereocenters. The summed E-state index contributed by atoms with van der Waals surface area (Å²) in [7, 11) is -4.43. The molecular formula is C19H26Cl2N6O5S2. The van der Waals surface area contributed by atoms with Crippen LogP contribution < -0.4 is 5.43 Å². The molecule has 0 bridgehead atoms. The lowest BCUT2D eigenvalue weighted by atomic mass is 9.89. The van der Waals surface area contributed by atoms with Gasteiger partial charge in [0.25, 0.3) is 17.7 Å². The van der Waals surface area contributed by atoms with Crippen molar-refractivity contribution in [3.8, 4) is 0 Å². The molecule has 2 saturated heterocycles. The Morgan fingerprint density at radius 1 is 1.09 bits per heavy atom. The van der Waals surface area contributed by atoms with Crippen molar-refractivity contribution in [1.29, 1.82) is 0 Å². The predicted octanol–water partition coefficient (Wildman–Crippen LogP) is 1.84. The van der Waals surface area contributed by atoms with Crippen LogP contribution >= 0.6 is 34.7 Å². The summed E-state index contributed by atoms with van der Waals surface area (Å²) in [4.78, 5) is 40.7. The van der Waals surface area contributed by atoms with Gasteiger partial charge in [0.15, 0.2) is 0 Å². The Balaban J connectivity index is 2.02. The van der Waals surface area contributed by atoms with Crippen LogP contribution in [-0.4, -0.2) is 87.7 Å². The zero-order valence-electron chi connectivity index (χ0n) is 19.0. The molecule has 3 amide bonds. The lowest BCUT2D eigenvalue weighted by molar-refractivity contribution is -0.126. The number of carbonyl (C=O) groups is 3. The maximum atomic E-state index is 13.3. The van der Waals surface area contributed by atoms with E-state index in [4.69, 9.17) is 23.2 Å². The summed E-state index contributed by atoms with van der Waals surface area (Å²) in [5.74, 6) is -2.79. The lowest BCUT2D eigenvalue weighted by Gasteiger charge is -2.33. The van der Waals surface area contributed by atoms with Crippen LogP contribution in [0, 0.1) is 0 Å². The zero-order chi connectivity index (χ0) is 25.3. The highest BCUT2D eigenvalue weighted by molar-refractivity contribution is 7.88. The van der Waals surface area contributed by atoms with Crippen LogP contribution in [0.4, 0.5) is 5.00 Å². The van der Waals surface area contributed by atoms with E-state index in [1.54, 1.807) is 4.90 Å². The molecule has 11 nitrogen and oxygen atoms in total. The zero-order valence-corrected chi connectivity index (χ0v) is 22.2. The van der Waals surface area contributed by atoms with Gasteiger partial charge in [0, 0.05) is 30.3 Å². The van der Waals surface area contributed by atoms with Gasteiger partial charge in [-0.2, -0.15) is 17.9 Å². The quantitative estimate of drug-likeness (QED) is 0.403. The standard InChI is InChI=1S/C19H26Cl2N6O5S2/c1-19(2,3)14-12(16(28)25-8-4-5-9-25)15(33-24-14)23-22-13-17(29)26(10-6-20)34(31,32)27(11-7-21)18(13)30/h23H,4-11H2,1-3H3. The topological polar surface area (TPSA) is 132 Å². The number of hydrogen-bond donors (Lipinski definition) is 1. The second kappa shape index (κ2) is 10.3. The molecule has 0 aliphatic carbocycles. The third kappa shape index (κ3) is 5.02. The van der Waals surface area contributed by atoms with Crippen molar-refractivity contribution in [3.63, 3.8) is 0 Å². The molecule has 15 heteroatoms. The lowest BCUT2D eigenvalue weighted by Crippen LogP contribution is -2.61. The van der Waals surface area contributed by atoms with Gasteiger partial charge in [0.2, 0.25) is 5.71 Å². The minimum atomic E-state index is -4.43. The smallest absolute Gasteiger partial charge is 0.331 e. The Bertz CT molecular complexity index is 1070. The molecule has 2 aliphatic rings. The molecule has 1 aromatic heterocycles. The van der Waals surface area contributed by atoms with Crippen LogP contribution in [0.1, 0.15) is 49.7 Å². The highest BCUT2D eigenvalue weighted by Gasteiger charge is 2.47. The van der Waals surface area contributed by atoms with Crippen molar-refractivity contribution in [2.75, 3.05) is 43.4 Å². The number of anilines is 1. The molecule has 0 atom stereocenters. The molecule has 3 rings (SSSR count). The van der Waals surface area contributed by atoms with Crippen LogP contribution in [0.3, 0.4) is 0 Å². The highest BCUT2D eigenvalue weighted by Crippen LogP contribution is 2.35. The summed E-state index contributed by atoms with van der Waals surface area (Å²) >= 11 is 12.3. The van der Waals surface area contributed by atoms with Gasteiger partial charge >= 0.3 is 10.2 Å². The third-order valence-corrected chi connectivity index (χ3v) is 8.17. The number of alkyl halides is 2. The highest BCUT2D eigenvalue weighted by atomic mass is 35.5. The van der Waals surface area contributed by atoms with E-state index in [0.29, 0.717) is 33.0 Å². The van der Waals surface area contributed by atoms with Gasteiger partial charge in [-0.25, -0.2) is 8.61 Å². The van der Waals surface area contributed by atoms with Crippen LogP contribution in [0.5, 0.6) is 0 Å². The van der Waals surface area contributed by atoms with Crippen LogP contribution in [0.2, 0.25) is 0 Å². The predicted molar refractivity (Wildman–Crippen MR) is 131 cm³/mol. The normalized spacial score (nSPS) is 18.6. The molecule has 0 radical (unpaired) electrons. The summed E-state index contributed by atoms with van der Waals surface area (Å²) in [6.07, 6.45) is 1.81. The number of likely N-dealkylation sites (tertiary alicyclic amines) is 1. The van der Waals surface area contributed by atoms with Gasteiger partial charge in [-0.15, -0.1) is 23.2 Å². The van der Waals surface area contributed by atoms with E-state index in [9.17, 15) is 22.8 Å². The molecule has 34 heavy (non-hydrogen) atoms. The van der Waals surface area contributed by atoms with Crippen molar-refractivity contribution in [2.45, 2.75) is 39.0 Å². The molecule has 2 fully saturated rings. The average Bonchev–Trinajstić information content (AvgIpc) is 3.44. The number of rotatable bonds is 7. The van der Waals surface area contributed by atoms with Crippen molar-refractivity contribution in [2.24, 2.45) is 5.10 Å². The number of aromatic nitrogens is 1. The molecule has 3 heterocycles. The van der Waals surface area contributed by atoms with Gasteiger partial charge in [-0.05, 0) is 24.4 Å². The summed E-state index contributed by atoms with van der Waals surface area (Å²) in [6.45, 7) is 6.33. The minimum absolute atomic E-state index is 0.174. The molecule has 0 aromatic carbocycles. The first-order chi connectivity index (χ1) is 15.9. The number of hydrazone groups is 1. The summed E-state index contributed by atoms with van der Waals surface area (Å²) < 4.78 is 30.8. The van der Waals surface area contributed by atoms with Crippen molar-refractivity contribution in [3.05, 3.63) is 11.3 Å². The molecular weight excluding hydrogens is 527 g/mol. The SMILES string of the molecule is CC(C)(C)c1nsc(NN=C2C(=O)N(CCCl)S(=O)(=O)N(CCCl)C2=O)c1C(=O)N1CCCC1. The Morgan fingerprint density at radius 2 is 1.62 bits per heavy atom. The molecule has 0 spiro atoms. The first-order valence-corrected chi connectivity index (χ1v) is 13.8. The van der Waals surface area contributed by atoms with E-state index in [2.05, 4.69) is 14.9 Å². The maximum Gasteiger partial charge on any atom is 0.331 e. The van der Waals surface area contributed by atoms with Crippen molar-refractivity contribution < 1.29 is 22.8 Å². The van der Waals surface area contributed by atoms with E-state index in [0.717, 1.165) is 24.4 Å². The second-order valence-corrected chi connectivity index (χ2v) is 12.0. The van der Waals surface area contributed by atoms with E-state index in [1.807, 2.05) is 20.8 Å². The number of halogens is 2. The molecule has 1 aromatic rings. The first kappa shape index (κ1) is 26.6. The Hall–Kier alpha value is -1.96. The van der Waals surface area contributed by atoms with Gasteiger partial charge in [-0.3, -0.25) is 19.8 Å². The number of nitrogens with zero attached hydrogens (tertiary/aromatic N) is 5. The largest absolute Gasteiger partial charge is 0.338 e. The van der Waals surface area contributed by atoms with Crippen molar-refractivity contribution >= 4 is 73.4 Å². The number of hydrogen-bond acceptors (Lipinski definition) is 9. The summed E-state index contributed by atoms with van der Waals surface area (Å²) in [5, 5.41) is 4.20. The van der Waals surface area contributed by atoms with E-state index < -0.39 is 33.2 Å². The van der Waals surface area contributed by atoms with Gasteiger partial charge in [0.1, 0.15) is 5.00 Å². The first-order valence-electron chi connectivity index (χ1n) is 10.6. The minimum Gasteiger partial charge on any atom is -0.338 e. The monoisotopic (exact) mass is 552 g/mol. The summed E-state index contributed by atoms with van der Waals surface area (Å²) in [6, 6.07) is 0. The number of carbonyl (C=O) groups excluding carboxylic acids is 3. The van der Waals surface area contributed by atoms with Crippen molar-refractivity contribution in [1.82, 2.24) is 17.9 Å². The van der Waals surface area contributed by atoms with Crippen LogP contribution in [-0.2, 0) is 25.2 Å². The Kier molecular flexibility index (Phi) is 8.10. The average molecular weight is 553 g/mol. The summed E-state index contributed by atoms with van der Waals surface area (Å²) in [5.41, 5.74) is 2.41. The molecule has 188 valence electrons. The molecule has 1 N–H and O–H groups in total. The second-order valence-electron chi connectivity index (χ2n) is 8.70. The molecule has 2 aliphatic heterocycles. The molecule has 0 saturated carbocycles. The van der Waals surface area contributed by atoms with E-state index >= 15 is 0 Å². The maximum absolute atomic E-state index is 13.3. The Morgan fingerprint density at radius 3 is 2.09 bits per heavy atom. The number of amides is 3. The van der Waals surface area contributed by atoms with E-state index in [-0.39, 0.29) is 35.8 Å². The number of nitrogens with one attached hydrogen (secondary N) is 1. The Labute approximate surface area is 212 Å². The fourth-order valence-corrected chi connectivity index (χ4v) is 6.52. The van der Waals surface area contributed by atoms with Gasteiger partial charge in [-0.1, -0.05) is 20.8 Å². The fraction of sp³-hybridized carbons (Fsp3) is 0.632. The fourth-order valence-electron chi connectivity index (χ4n) is 3.60. The van der Waals surface area contributed by atoms with Gasteiger partial charge < -0.3 is 4.90 Å². The van der Waals surface area contributed by atoms with Crippen LogP contribution in [0.15, 0.2) is 5.10 Å². The van der Waals surface area contributed by atoms with E-state index in [1.165, 1.54) is 0 Å². The third-order valence-electron chi connectivity index (χ3n) is 5.27.